The summed E-state index contributed by atoms with van der Waals surface area (Å²) in [4.78, 5) is 28.2. The van der Waals surface area contributed by atoms with Crippen LogP contribution >= 0.6 is 15.9 Å². The van der Waals surface area contributed by atoms with Crippen molar-refractivity contribution in [3.63, 3.8) is 0 Å². The number of hydrogen-bond donors (Lipinski definition) is 1. The molecule has 0 aliphatic heterocycles. The van der Waals surface area contributed by atoms with Crippen LogP contribution in [0.3, 0.4) is 0 Å². The van der Waals surface area contributed by atoms with Gasteiger partial charge in [0.25, 0.3) is 0 Å². The summed E-state index contributed by atoms with van der Waals surface area (Å²) in [6.45, 7) is 5.41. The maximum absolute atomic E-state index is 13.6. The zero-order valence-electron chi connectivity index (χ0n) is 20.8. The van der Waals surface area contributed by atoms with Crippen molar-refractivity contribution in [3.05, 3.63) is 58.6 Å². The van der Waals surface area contributed by atoms with Crippen LogP contribution in [0.25, 0.3) is 0 Å². The molecule has 2 atom stereocenters. The number of nitrogens with one attached hydrogen (secondary N) is 1. The molecule has 10 heteroatoms. The molecular weight excluding hydrogens is 534 g/mol. The fourth-order valence-corrected chi connectivity index (χ4v) is 4.76. The lowest BCUT2D eigenvalue weighted by Gasteiger charge is -2.33. The van der Waals surface area contributed by atoms with Crippen molar-refractivity contribution in [3.8, 4) is 5.75 Å². The Morgan fingerprint density at radius 3 is 2.26 bits per heavy atom. The largest absolute Gasteiger partial charge is 0.497 e. The van der Waals surface area contributed by atoms with Crippen molar-refractivity contribution in [1.29, 1.82) is 0 Å². The SMILES string of the molecule is CC[C@@H](C)NC(=O)[C@H](CC)N(Cc1ccc(OC)cc1)C(=O)CN(c1cccc(Br)c1)S(C)(=O)=O. The van der Waals surface area contributed by atoms with Gasteiger partial charge in [0.2, 0.25) is 21.8 Å². The molecule has 35 heavy (non-hydrogen) atoms. The number of amides is 2. The average Bonchev–Trinajstić information content (AvgIpc) is 2.81. The minimum Gasteiger partial charge on any atom is -0.497 e. The van der Waals surface area contributed by atoms with E-state index in [4.69, 9.17) is 4.74 Å². The highest BCUT2D eigenvalue weighted by Gasteiger charge is 2.32. The minimum absolute atomic E-state index is 0.0522. The maximum Gasteiger partial charge on any atom is 0.244 e. The van der Waals surface area contributed by atoms with Gasteiger partial charge in [0.15, 0.2) is 0 Å². The molecular formula is C25H34BrN3O5S. The highest BCUT2D eigenvalue weighted by Crippen LogP contribution is 2.23. The molecule has 0 aliphatic rings. The van der Waals surface area contributed by atoms with Crippen LogP contribution in [-0.2, 0) is 26.2 Å². The average molecular weight is 569 g/mol. The van der Waals surface area contributed by atoms with Crippen LogP contribution in [0.1, 0.15) is 39.2 Å². The minimum atomic E-state index is -3.77. The second kappa shape index (κ2) is 12.9. The summed E-state index contributed by atoms with van der Waals surface area (Å²) in [5.41, 5.74) is 1.15. The Morgan fingerprint density at radius 1 is 1.09 bits per heavy atom. The summed E-state index contributed by atoms with van der Waals surface area (Å²) in [6.07, 6.45) is 2.18. The van der Waals surface area contributed by atoms with Gasteiger partial charge in [-0.3, -0.25) is 13.9 Å². The molecule has 2 aromatic rings. The summed E-state index contributed by atoms with van der Waals surface area (Å²) < 4.78 is 32.2. The molecule has 0 saturated carbocycles. The quantitative estimate of drug-likeness (QED) is 0.419. The molecule has 0 radical (unpaired) electrons. The van der Waals surface area contributed by atoms with Gasteiger partial charge in [0.1, 0.15) is 18.3 Å². The Bertz CT molecular complexity index is 1110. The highest BCUT2D eigenvalue weighted by molar-refractivity contribution is 9.10. The fourth-order valence-electron chi connectivity index (χ4n) is 3.53. The Hall–Kier alpha value is -2.59. The van der Waals surface area contributed by atoms with Crippen molar-refractivity contribution in [2.24, 2.45) is 0 Å². The van der Waals surface area contributed by atoms with Crippen LogP contribution in [0.15, 0.2) is 53.0 Å². The number of halogens is 1. The van der Waals surface area contributed by atoms with Crippen molar-refractivity contribution in [1.82, 2.24) is 10.2 Å². The van der Waals surface area contributed by atoms with E-state index in [0.29, 0.717) is 22.3 Å². The smallest absolute Gasteiger partial charge is 0.244 e. The van der Waals surface area contributed by atoms with E-state index in [0.717, 1.165) is 22.5 Å². The number of methoxy groups -OCH3 is 1. The van der Waals surface area contributed by atoms with Crippen LogP contribution in [0.4, 0.5) is 5.69 Å². The maximum atomic E-state index is 13.6. The topological polar surface area (TPSA) is 96.0 Å². The fraction of sp³-hybridized carbons (Fsp3) is 0.440. The van der Waals surface area contributed by atoms with Crippen LogP contribution in [0, 0.1) is 0 Å². The first-order valence-corrected chi connectivity index (χ1v) is 14.1. The Kier molecular flexibility index (Phi) is 10.6. The molecule has 192 valence electrons. The molecule has 0 aliphatic carbocycles. The standard InChI is InChI=1S/C25H34BrN3O5S/c1-6-18(3)27-25(31)23(7-2)28(16-19-11-13-22(34-4)14-12-19)24(30)17-29(35(5,32)33)21-10-8-9-20(26)15-21/h8-15,18,23H,6-7,16-17H2,1-5H3,(H,27,31)/t18-,23+/m1/s1. The lowest BCUT2D eigenvalue weighted by molar-refractivity contribution is -0.140. The van der Waals surface area contributed by atoms with E-state index in [1.807, 2.05) is 32.9 Å². The molecule has 0 aromatic heterocycles. The number of nitrogens with zero attached hydrogens (tertiary/aromatic N) is 2. The molecule has 2 rings (SSSR count). The molecule has 0 bridgehead atoms. The number of anilines is 1. The zero-order valence-corrected chi connectivity index (χ0v) is 23.2. The Labute approximate surface area is 216 Å². The summed E-state index contributed by atoms with van der Waals surface area (Å²) in [5, 5.41) is 2.95. The van der Waals surface area contributed by atoms with E-state index in [-0.39, 0.29) is 18.5 Å². The van der Waals surface area contributed by atoms with E-state index in [2.05, 4.69) is 21.2 Å². The number of carbonyl (C=O) groups excluding carboxylic acids is 2. The van der Waals surface area contributed by atoms with Crippen molar-refractivity contribution in [2.75, 3.05) is 24.2 Å². The molecule has 2 aromatic carbocycles. The number of carbonyl (C=O) groups is 2. The molecule has 0 heterocycles. The van der Waals surface area contributed by atoms with Gasteiger partial charge in [-0.15, -0.1) is 0 Å². The lowest BCUT2D eigenvalue weighted by Crippen LogP contribution is -2.53. The summed E-state index contributed by atoms with van der Waals surface area (Å²) >= 11 is 3.35. The van der Waals surface area contributed by atoms with Gasteiger partial charge in [-0.05, 0) is 55.7 Å². The van der Waals surface area contributed by atoms with Crippen LogP contribution in [-0.4, -0.2) is 57.1 Å². The highest BCUT2D eigenvalue weighted by atomic mass is 79.9. The van der Waals surface area contributed by atoms with Gasteiger partial charge < -0.3 is 15.0 Å². The van der Waals surface area contributed by atoms with E-state index in [1.54, 1.807) is 43.5 Å². The third kappa shape index (κ3) is 8.24. The molecule has 0 spiro atoms. The van der Waals surface area contributed by atoms with E-state index in [9.17, 15) is 18.0 Å². The van der Waals surface area contributed by atoms with E-state index >= 15 is 0 Å². The van der Waals surface area contributed by atoms with Gasteiger partial charge in [-0.25, -0.2) is 8.42 Å². The van der Waals surface area contributed by atoms with E-state index < -0.39 is 28.5 Å². The predicted octanol–water partition coefficient (Wildman–Crippen LogP) is 3.95. The second-order valence-electron chi connectivity index (χ2n) is 8.36. The normalized spacial score (nSPS) is 13.0. The first-order valence-electron chi connectivity index (χ1n) is 11.5. The van der Waals surface area contributed by atoms with Crippen molar-refractivity contribution in [2.45, 2.75) is 52.2 Å². The van der Waals surface area contributed by atoms with Gasteiger partial charge in [0, 0.05) is 17.1 Å². The van der Waals surface area contributed by atoms with Crippen LogP contribution in [0.5, 0.6) is 5.75 Å². The number of benzene rings is 2. The Balaban J connectivity index is 2.43. The molecule has 0 saturated heterocycles. The molecule has 8 nitrogen and oxygen atoms in total. The van der Waals surface area contributed by atoms with Gasteiger partial charge in [-0.2, -0.15) is 0 Å². The first kappa shape index (κ1) is 28.6. The van der Waals surface area contributed by atoms with Crippen LogP contribution in [0.2, 0.25) is 0 Å². The summed E-state index contributed by atoms with van der Waals surface area (Å²) in [5.74, 6) is -0.0690. The number of sulfonamides is 1. The number of hydrogen-bond acceptors (Lipinski definition) is 5. The van der Waals surface area contributed by atoms with Crippen LogP contribution < -0.4 is 14.4 Å². The molecule has 2 amide bonds. The number of ether oxygens (including phenoxy) is 1. The lowest BCUT2D eigenvalue weighted by atomic mass is 10.1. The third-order valence-corrected chi connectivity index (χ3v) is 7.31. The van der Waals surface area contributed by atoms with Gasteiger partial charge in [0.05, 0.1) is 19.1 Å². The number of rotatable bonds is 12. The summed E-state index contributed by atoms with van der Waals surface area (Å²) in [7, 11) is -2.20. The monoisotopic (exact) mass is 567 g/mol. The molecule has 0 fully saturated rings. The first-order chi connectivity index (χ1) is 16.5. The van der Waals surface area contributed by atoms with Crippen molar-refractivity contribution < 1.29 is 22.7 Å². The van der Waals surface area contributed by atoms with E-state index in [1.165, 1.54) is 4.90 Å². The summed E-state index contributed by atoms with van der Waals surface area (Å²) in [6, 6.07) is 13.1. The van der Waals surface area contributed by atoms with Gasteiger partial charge >= 0.3 is 0 Å². The predicted molar refractivity (Wildman–Crippen MR) is 142 cm³/mol. The van der Waals surface area contributed by atoms with Gasteiger partial charge in [-0.1, -0.05) is 48.0 Å². The second-order valence-corrected chi connectivity index (χ2v) is 11.2. The molecule has 0 unspecified atom stereocenters. The Morgan fingerprint density at radius 2 is 1.74 bits per heavy atom. The zero-order chi connectivity index (χ0) is 26.2. The van der Waals surface area contributed by atoms with Crippen molar-refractivity contribution >= 4 is 43.5 Å². The third-order valence-electron chi connectivity index (χ3n) is 5.67. The molecule has 1 N–H and O–H groups in total.